The van der Waals surface area contributed by atoms with Gasteiger partial charge in [-0.25, -0.2) is 4.52 Å². The van der Waals surface area contributed by atoms with Crippen molar-refractivity contribution in [2.45, 2.75) is 6.54 Å². The number of aromatic nitrogens is 3. The summed E-state index contributed by atoms with van der Waals surface area (Å²) in [6.45, 7) is 0.826. The zero-order chi connectivity index (χ0) is 21.4. The Morgan fingerprint density at radius 2 is 1.81 bits per heavy atom. The monoisotopic (exact) mass is 436 g/mol. The Morgan fingerprint density at radius 3 is 2.61 bits per heavy atom. The minimum Gasteiger partial charge on any atom is -0.486 e. The molecule has 9 heteroatoms. The SMILES string of the molecule is O=C(Cn1ccn2nc(-c3ccc(Cl)cc3)cc2c1=O)Nc1ccc2c(c1)OCCO2. The van der Waals surface area contributed by atoms with Gasteiger partial charge < -0.3 is 19.4 Å². The van der Waals surface area contributed by atoms with Gasteiger partial charge in [0.1, 0.15) is 25.3 Å². The number of benzene rings is 2. The van der Waals surface area contributed by atoms with Gasteiger partial charge in [-0.3, -0.25) is 9.59 Å². The molecule has 1 N–H and O–H groups in total. The highest BCUT2D eigenvalue weighted by Crippen LogP contribution is 2.32. The highest BCUT2D eigenvalue weighted by Gasteiger charge is 2.14. The summed E-state index contributed by atoms with van der Waals surface area (Å²) >= 11 is 5.94. The van der Waals surface area contributed by atoms with Crippen molar-refractivity contribution in [2.75, 3.05) is 18.5 Å². The number of hydrogen-bond acceptors (Lipinski definition) is 5. The lowest BCUT2D eigenvalue weighted by atomic mass is 10.1. The molecule has 156 valence electrons. The summed E-state index contributed by atoms with van der Waals surface area (Å²) in [7, 11) is 0. The number of carbonyl (C=O) groups is 1. The number of nitrogens with one attached hydrogen (secondary N) is 1. The molecule has 8 nitrogen and oxygen atoms in total. The van der Waals surface area contributed by atoms with Gasteiger partial charge in [-0.2, -0.15) is 5.10 Å². The predicted octanol–water partition coefficient (Wildman–Crippen LogP) is 3.23. The lowest BCUT2D eigenvalue weighted by molar-refractivity contribution is -0.116. The van der Waals surface area contributed by atoms with Crippen molar-refractivity contribution in [3.05, 3.63) is 76.3 Å². The van der Waals surface area contributed by atoms with E-state index >= 15 is 0 Å². The molecular formula is C22H17ClN4O4. The molecule has 0 bridgehead atoms. The van der Waals surface area contributed by atoms with Crippen LogP contribution in [-0.2, 0) is 11.3 Å². The first-order valence-electron chi connectivity index (χ1n) is 9.61. The zero-order valence-corrected chi connectivity index (χ0v) is 17.0. The third-order valence-electron chi connectivity index (χ3n) is 4.88. The summed E-state index contributed by atoms with van der Waals surface area (Å²) in [5.41, 5.74) is 2.12. The maximum atomic E-state index is 12.9. The molecule has 0 spiro atoms. The van der Waals surface area contributed by atoms with Gasteiger partial charge in [0.05, 0.1) is 5.69 Å². The summed E-state index contributed by atoms with van der Waals surface area (Å²) in [4.78, 5) is 25.4. The van der Waals surface area contributed by atoms with E-state index in [0.29, 0.717) is 46.6 Å². The summed E-state index contributed by atoms with van der Waals surface area (Å²) in [5, 5.41) is 7.84. The minimum atomic E-state index is -0.333. The first kappa shape index (κ1) is 19.2. The van der Waals surface area contributed by atoms with Crippen molar-refractivity contribution in [2.24, 2.45) is 0 Å². The van der Waals surface area contributed by atoms with Gasteiger partial charge >= 0.3 is 0 Å². The van der Waals surface area contributed by atoms with Crippen molar-refractivity contribution in [3.63, 3.8) is 0 Å². The standard InChI is InChI=1S/C22H17ClN4O4/c23-15-3-1-14(2-4-15)17-12-18-22(29)26(7-8-27(18)25-17)13-21(28)24-16-5-6-19-20(11-16)31-10-9-30-19/h1-8,11-12H,9-10,13H2,(H,24,28). The van der Waals surface area contributed by atoms with Crippen LogP contribution in [0.3, 0.4) is 0 Å². The second-order valence-electron chi connectivity index (χ2n) is 7.00. The highest BCUT2D eigenvalue weighted by atomic mass is 35.5. The number of ether oxygens (including phenoxy) is 2. The van der Waals surface area contributed by atoms with Crippen molar-refractivity contribution in [1.82, 2.24) is 14.2 Å². The van der Waals surface area contributed by atoms with Gasteiger partial charge in [-0.05, 0) is 30.3 Å². The molecule has 0 fully saturated rings. The van der Waals surface area contributed by atoms with Crippen LogP contribution in [0.1, 0.15) is 0 Å². The second kappa shape index (κ2) is 7.81. The zero-order valence-electron chi connectivity index (χ0n) is 16.2. The molecule has 0 unspecified atom stereocenters. The van der Waals surface area contributed by atoms with Gasteiger partial charge in [0.2, 0.25) is 5.91 Å². The van der Waals surface area contributed by atoms with E-state index in [1.165, 1.54) is 15.3 Å². The van der Waals surface area contributed by atoms with Crippen LogP contribution in [0.2, 0.25) is 5.02 Å². The fourth-order valence-electron chi connectivity index (χ4n) is 3.39. The third-order valence-corrected chi connectivity index (χ3v) is 5.14. The molecule has 0 radical (unpaired) electrons. The number of anilines is 1. The molecule has 1 aliphatic heterocycles. The molecule has 0 atom stereocenters. The number of hydrogen-bond donors (Lipinski definition) is 1. The topological polar surface area (TPSA) is 86.9 Å². The Morgan fingerprint density at radius 1 is 1.03 bits per heavy atom. The summed E-state index contributed by atoms with van der Waals surface area (Å²) in [6, 6.07) is 14.1. The van der Waals surface area contributed by atoms with Gasteiger partial charge in [0, 0.05) is 34.7 Å². The van der Waals surface area contributed by atoms with E-state index in [4.69, 9.17) is 21.1 Å². The second-order valence-corrected chi connectivity index (χ2v) is 7.44. The lowest BCUT2D eigenvalue weighted by Crippen LogP contribution is -2.28. The highest BCUT2D eigenvalue weighted by molar-refractivity contribution is 6.30. The normalized spacial score (nSPS) is 12.7. The van der Waals surface area contributed by atoms with E-state index in [0.717, 1.165) is 5.56 Å². The average molecular weight is 437 g/mol. The number of halogens is 1. The molecule has 2 aromatic heterocycles. The predicted molar refractivity (Wildman–Crippen MR) is 116 cm³/mol. The quantitative estimate of drug-likeness (QED) is 0.530. The van der Waals surface area contributed by atoms with Gasteiger partial charge in [-0.15, -0.1) is 0 Å². The number of nitrogens with zero attached hydrogens (tertiary/aromatic N) is 3. The molecule has 1 aliphatic rings. The number of fused-ring (bicyclic) bond motifs is 2. The van der Waals surface area contributed by atoms with E-state index < -0.39 is 0 Å². The maximum absolute atomic E-state index is 12.9. The van der Waals surface area contributed by atoms with Crippen LogP contribution in [-0.4, -0.2) is 33.3 Å². The number of carbonyl (C=O) groups excluding carboxylic acids is 1. The number of rotatable bonds is 4. The molecule has 5 rings (SSSR count). The van der Waals surface area contributed by atoms with Crippen LogP contribution in [0.15, 0.2) is 65.7 Å². The Hall–Kier alpha value is -3.78. The first-order chi connectivity index (χ1) is 15.1. The van der Waals surface area contributed by atoms with Crippen molar-refractivity contribution < 1.29 is 14.3 Å². The van der Waals surface area contributed by atoms with Gasteiger partial charge in [0.15, 0.2) is 11.5 Å². The number of amides is 1. The largest absolute Gasteiger partial charge is 0.486 e. The Labute approximate surface area is 181 Å². The van der Waals surface area contributed by atoms with Gasteiger partial charge in [0.25, 0.3) is 5.56 Å². The lowest BCUT2D eigenvalue weighted by Gasteiger charge is -2.19. The molecule has 2 aromatic carbocycles. The van der Waals surface area contributed by atoms with Crippen LogP contribution < -0.4 is 20.3 Å². The minimum absolute atomic E-state index is 0.134. The molecular weight excluding hydrogens is 420 g/mol. The molecule has 3 heterocycles. The molecule has 0 aliphatic carbocycles. The first-order valence-corrected chi connectivity index (χ1v) is 9.99. The van der Waals surface area contributed by atoms with Crippen LogP contribution in [0.25, 0.3) is 16.8 Å². The molecule has 4 aromatic rings. The van der Waals surface area contributed by atoms with Crippen molar-refractivity contribution >= 4 is 28.7 Å². The van der Waals surface area contributed by atoms with E-state index in [2.05, 4.69) is 10.4 Å². The Balaban J connectivity index is 1.36. The Kier molecular flexibility index (Phi) is 4.83. The Bertz CT molecular complexity index is 1340. The van der Waals surface area contributed by atoms with Crippen molar-refractivity contribution in [3.8, 4) is 22.8 Å². The summed E-state index contributed by atoms with van der Waals surface area (Å²) < 4.78 is 13.9. The van der Waals surface area contributed by atoms with Gasteiger partial charge in [-0.1, -0.05) is 23.7 Å². The van der Waals surface area contributed by atoms with E-state index in [1.54, 1.807) is 42.6 Å². The van der Waals surface area contributed by atoms with E-state index in [1.807, 2.05) is 12.1 Å². The average Bonchev–Trinajstić information content (AvgIpc) is 3.21. The van der Waals surface area contributed by atoms with Crippen LogP contribution in [0, 0.1) is 0 Å². The molecule has 0 saturated heterocycles. The van der Waals surface area contributed by atoms with Crippen LogP contribution in [0.4, 0.5) is 5.69 Å². The molecule has 1 amide bonds. The van der Waals surface area contributed by atoms with Crippen LogP contribution in [0.5, 0.6) is 11.5 Å². The fourth-order valence-corrected chi connectivity index (χ4v) is 3.51. The maximum Gasteiger partial charge on any atom is 0.277 e. The van der Waals surface area contributed by atoms with E-state index in [-0.39, 0.29) is 18.0 Å². The smallest absolute Gasteiger partial charge is 0.277 e. The summed E-state index contributed by atoms with van der Waals surface area (Å²) in [6.07, 6.45) is 3.19. The van der Waals surface area contributed by atoms with Crippen molar-refractivity contribution in [1.29, 1.82) is 0 Å². The third kappa shape index (κ3) is 3.85. The molecule has 31 heavy (non-hydrogen) atoms. The molecule has 0 saturated carbocycles. The van der Waals surface area contributed by atoms with Crippen LogP contribution >= 0.6 is 11.6 Å². The van der Waals surface area contributed by atoms with E-state index in [9.17, 15) is 9.59 Å². The summed E-state index contributed by atoms with van der Waals surface area (Å²) in [5.74, 6) is 0.889. The fraction of sp³-hybridized carbons (Fsp3) is 0.136.